The molecule has 0 unspecified atom stereocenters. The van der Waals surface area contributed by atoms with Crippen molar-refractivity contribution in [3.8, 4) is 0 Å². The summed E-state index contributed by atoms with van der Waals surface area (Å²) in [5.74, 6) is 1.33. The van der Waals surface area contributed by atoms with Crippen molar-refractivity contribution in [1.82, 2.24) is 14.9 Å². The molecule has 0 bridgehead atoms. The topological polar surface area (TPSA) is 78.1 Å². The summed E-state index contributed by atoms with van der Waals surface area (Å²) in [6.45, 7) is 1.39. The van der Waals surface area contributed by atoms with Crippen molar-refractivity contribution < 1.29 is 9.59 Å². The van der Waals surface area contributed by atoms with Crippen LogP contribution in [0.15, 0.2) is 66.0 Å². The standard InChI is InChI=1S/C27H28N4O2S/c32-25(12-4-8-22-9-5-17-34-22)28-21-7-3-6-20(18-21)27(33)31-15-13-19(14-16-31)26-29-23-10-1-2-11-24(23)30-26/h1-3,5-7,9-11,17-19H,4,8,12-16H2,(H,28,32)(H,29,30). The molecule has 34 heavy (non-hydrogen) atoms. The van der Waals surface area contributed by atoms with E-state index in [0.717, 1.165) is 42.5 Å². The van der Waals surface area contributed by atoms with Crippen LogP contribution >= 0.6 is 11.3 Å². The van der Waals surface area contributed by atoms with Gasteiger partial charge in [-0.1, -0.05) is 24.3 Å². The largest absolute Gasteiger partial charge is 0.342 e. The lowest BCUT2D eigenvalue weighted by atomic mass is 9.95. The molecule has 2 aromatic carbocycles. The van der Waals surface area contributed by atoms with E-state index in [1.165, 1.54) is 4.88 Å². The smallest absolute Gasteiger partial charge is 0.253 e. The SMILES string of the molecule is O=C(CCCc1cccs1)Nc1cccc(C(=O)N2CCC(c3nc4ccccc4[nH]3)CC2)c1. The number of para-hydroxylation sites is 2. The van der Waals surface area contributed by atoms with Crippen LogP contribution in [-0.4, -0.2) is 39.8 Å². The number of nitrogens with zero attached hydrogens (tertiary/aromatic N) is 2. The Balaban J connectivity index is 1.14. The van der Waals surface area contributed by atoms with Gasteiger partial charge in [0.2, 0.25) is 5.91 Å². The summed E-state index contributed by atoms with van der Waals surface area (Å²) >= 11 is 1.72. The maximum atomic E-state index is 13.1. The number of carbonyl (C=O) groups excluding carboxylic acids is 2. The van der Waals surface area contributed by atoms with Crippen molar-refractivity contribution in [3.05, 3.63) is 82.3 Å². The van der Waals surface area contributed by atoms with Crippen LogP contribution < -0.4 is 5.32 Å². The number of aromatic amines is 1. The van der Waals surface area contributed by atoms with Gasteiger partial charge in [-0.15, -0.1) is 11.3 Å². The lowest BCUT2D eigenvalue weighted by Gasteiger charge is -2.31. The summed E-state index contributed by atoms with van der Waals surface area (Å²) < 4.78 is 0. The fourth-order valence-corrected chi connectivity index (χ4v) is 5.29. The average Bonchev–Trinajstić information content (AvgIpc) is 3.54. The van der Waals surface area contributed by atoms with Gasteiger partial charge in [0.1, 0.15) is 5.82 Å². The molecule has 2 aromatic heterocycles. The molecule has 4 aromatic rings. The molecule has 0 radical (unpaired) electrons. The van der Waals surface area contributed by atoms with Gasteiger partial charge < -0.3 is 15.2 Å². The third-order valence-electron chi connectivity index (χ3n) is 6.38. The van der Waals surface area contributed by atoms with Crippen LogP contribution in [0, 0.1) is 0 Å². The maximum absolute atomic E-state index is 13.1. The monoisotopic (exact) mass is 472 g/mol. The quantitative estimate of drug-likeness (QED) is 0.367. The first-order valence-corrected chi connectivity index (χ1v) is 12.7. The number of imidazole rings is 1. The number of rotatable bonds is 7. The number of fused-ring (bicyclic) bond motifs is 1. The number of thiophene rings is 1. The first-order valence-electron chi connectivity index (χ1n) is 11.8. The van der Waals surface area contributed by atoms with Crippen LogP contribution in [0.4, 0.5) is 5.69 Å². The summed E-state index contributed by atoms with van der Waals surface area (Å²) in [4.78, 5) is 36.8. The van der Waals surface area contributed by atoms with Gasteiger partial charge in [-0.2, -0.15) is 0 Å². The Kier molecular flexibility index (Phi) is 6.72. The number of piperidine rings is 1. The van der Waals surface area contributed by atoms with E-state index in [9.17, 15) is 9.59 Å². The van der Waals surface area contributed by atoms with Gasteiger partial charge in [-0.05, 0) is 67.5 Å². The fourth-order valence-electron chi connectivity index (χ4n) is 4.54. The van der Waals surface area contributed by atoms with E-state index >= 15 is 0 Å². The number of carbonyl (C=O) groups is 2. The second-order valence-corrected chi connectivity index (χ2v) is 9.80. The molecule has 1 aliphatic heterocycles. The molecule has 2 N–H and O–H groups in total. The van der Waals surface area contributed by atoms with Crippen LogP contribution in [0.5, 0.6) is 0 Å². The molecule has 0 spiro atoms. The van der Waals surface area contributed by atoms with Crippen LogP contribution in [0.2, 0.25) is 0 Å². The Morgan fingerprint density at radius 3 is 2.71 bits per heavy atom. The number of nitrogens with one attached hydrogen (secondary N) is 2. The van der Waals surface area contributed by atoms with E-state index in [1.54, 1.807) is 17.4 Å². The number of aryl methyl sites for hydroxylation is 1. The van der Waals surface area contributed by atoms with Gasteiger partial charge in [-0.3, -0.25) is 9.59 Å². The molecular formula is C27H28N4O2S. The molecular weight excluding hydrogens is 444 g/mol. The van der Waals surface area contributed by atoms with Crippen LogP contribution in [0.3, 0.4) is 0 Å². The van der Waals surface area contributed by atoms with Crippen molar-refractivity contribution in [2.75, 3.05) is 18.4 Å². The maximum Gasteiger partial charge on any atom is 0.253 e. The summed E-state index contributed by atoms with van der Waals surface area (Å²) in [6.07, 6.45) is 3.95. The number of anilines is 1. The van der Waals surface area contributed by atoms with E-state index in [1.807, 2.05) is 53.4 Å². The van der Waals surface area contributed by atoms with Gasteiger partial charge in [0.25, 0.3) is 5.91 Å². The minimum absolute atomic E-state index is 0.0110. The first kappa shape index (κ1) is 22.3. The molecule has 7 heteroatoms. The second kappa shape index (κ2) is 10.2. The highest BCUT2D eigenvalue weighted by molar-refractivity contribution is 7.09. The van der Waals surface area contributed by atoms with E-state index in [2.05, 4.69) is 21.7 Å². The van der Waals surface area contributed by atoms with Crippen LogP contribution in [0.25, 0.3) is 11.0 Å². The van der Waals surface area contributed by atoms with Crippen molar-refractivity contribution in [2.24, 2.45) is 0 Å². The third kappa shape index (κ3) is 5.20. The highest BCUT2D eigenvalue weighted by atomic mass is 32.1. The van der Waals surface area contributed by atoms with Crippen LogP contribution in [-0.2, 0) is 11.2 Å². The highest BCUT2D eigenvalue weighted by Gasteiger charge is 2.26. The molecule has 3 heterocycles. The van der Waals surface area contributed by atoms with Crippen molar-refractivity contribution in [2.45, 2.75) is 38.0 Å². The summed E-state index contributed by atoms with van der Waals surface area (Å²) in [6, 6.07) is 19.5. The molecule has 0 aliphatic carbocycles. The zero-order valence-electron chi connectivity index (χ0n) is 19.0. The molecule has 0 saturated carbocycles. The molecule has 1 saturated heterocycles. The van der Waals surface area contributed by atoms with Crippen molar-refractivity contribution in [3.63, 3.8) is 0 Å². The van der Waals surface area contributed by atoms with Gasteiger partial charge in [0.15, 0.2) is 0 Å². The van der Waals surface area contributed by atoms with Gasteiger partial charge in [-0.25, -0.2) is 4.98 Å². The summed E-state index contributed by atoms with van der Waals surface area (Å²) in [5, 5.41) is 5.00. The number of hydrogen-bond acceptors (Lipinski definition) is 4. The normalized spacial score (nSPS) is 14.4. The lowest BCUT2D eigenvalue weighted by molar-refractivity contribution is -0.116. The minimum atomic E-state index is -0.0206. The Hall–Kier alpha value is -3.45. The minimum Gasteiger partial charge on any atom is -0.342 e. The Labute approximate surface area is 203 Å². The molecule has 1 aliphatic rings. The van der Waals surface area contributed by atoms with Crippen molar-refractivity contribution in [1.29, 1.82) is 0 Å². The number of likely N-dealkylation sites (tertiary alicyclic amines) is 1. The van der Waals surface area contributed by atoms with E-state index in [-0.39, 0.29) is 11.8 Å². The zero-order valence-corrected chi connectivity index (χ0v) is 19.8. The number of H-pyrrole nitrogens is 1. The number of aromatic nitrogens is 2. The number of amides is 2. The molecule has 0 atom stereocenters. The predicted molar refractivity (Wildman–Crippen MR) is 136 cm³/mol. The molecule has 1 fully saturated rings. The van der Waals surface area contributed by atoms with E-state index in [4.69, 9.17) is 4.98 Å². The highest BCUT2D eigenvalue weighted by Crippen LogP contribution is 2.28. The Morgan fingerprint density at radius 1 is 1.06 bits per heavy atom. The van der Waals surface area contributed by atoms with Gasteiger partial charge >= 0.3 is 0 Å². The fraction of sp³-hybridized carbons (Fsp3) is 0.296. The molecule has 174 valence electrons. The predicted octanol–water partition coefficient (Wildman–Crippen LogP) is 5.61. The Morgan fingerprint density at radius 2 is 1.91 bits per heavy atom. The second-order valence-electron chi connectivity index (χ2n) is 8.77. The van der Waals surface area contributed by atoms with Gasteiger partial charge in [0, 0.05) is 41.6 Å². The molecule has 5 rings (SSSR count). The van der Waals surface area contributed by atoms with E-state index in [0.29, 0.717) is 36.7 Å². The average molecular weight is 473 g/mol. The third-order valence-corrected chi connectivity index (χ3v) is 7.31. The van der Waals surface area contributed by atoms with Crippen LogP contribution in [0.1, 0.15) is 52.7 Å². The number of hydrogen-bond donors (Lipinski definition) is 2. The molecule has 2 amide bonds. The van der Waals surface area contributed by atoms with Gasteiger partial charge in [0.05, 0.1) is 11.0 Å². The number of benzene rings is 2. The first-order chi connectivity index (χ1) is 16.7. The summed E-state index contributed by atoms with van der Waals surface area (Å²) in [7, 11) is 0. The van der Waals surface area contributed by atoms with Crippen molar-refractivity contribution >= 4 is 39.9 Å². The summed E-state index contributed by atoms with van der Waals surface area (Å²) in [5.41, 5.74) is 3.32. The van der Waals surface area contributed by atoms with E-state index < -0.39 is 0 Å². The Bertz CT molecular complexity index is 1240. The zero-order chi connectivity index (χ0) is 23.3. The lowest BCUT2D eigenvalue weighted by Crippen LogP contribution is -2.38. The molecule has 6 nitrogen and oxygen atoms in total.